The summed E-state index contributed by atoms with van der Waals surface area (Å²) < 4.78 is 0. The molecular weight excluding hydrogens is 122 g/mol. The Hall–Kier alpha value is -0.720. The van der Waals surface area contributed by atoms with Gasteiger partial charge in [-0.3, -0.25) is 0 Å². The largest absolute Gasteiger partial charge is 0.394 e. The molecule has 0 aromatic carbocycles. The minimum absolute atomic E-state index is 0.849. The molecule has 1 nitrogen and oxygen atoms in total. The number of hydrogen-bond acceptors (Lipinski definition) is 1. The van der Waals surface area contributed by atoms with Crippen molar-refractivity contribution >= 4 is 0 Å². The first-order valence-electron chi connectivity index (χ1n) is 3.79. The van der Waals surface area contributed by atoms with Crippen LogP contribution in [0.25, 0.3) is 0 Å². The molecule has 0 saturated heterocycles. The highest BCUT2D eigenvalue weighted by molar-refractivity contribution is 5.34. The Kier molecular flexibility index (Phi) is 2.15. The molecule has 1 atom stereocenters. The van der Waals surface area contributed by atoms with Crippen LogP contribution in [-0.4, -0.2) is 7.05 Å². The molecule has 0 heterocycles. The second-order valence-corrected chi connectivity index (χ2v) is 2.94. The van der Waals surface area contributed by atoms with Gasteiger partial charge in [-0.05, 0) is 31.5 Å². The second kappa shape index (κ2) is 2.91. The van der Waals surface area contributed by atoms with Crippen LogP contribution in [0.1, 0.15) is 20.3 Å². The highest BCUT2D eigenvalue weighted by Crippen LogP contribution is 2.39. The fraction of sp³-hybridized carbons (Fsp3) is 0.556. The van der Waals surface area contributed by atoms with Crippen LogP contribution in [-0.2, 0) is 0 Å². The number of allylic oxidation sites excluding steroid dienone is 3. The smallest absolute Gasteiger partial charge is 0.00277 e. The maximum absolute atomic E-state index is 2.98. The molecule has 0 aromatic heterocycles. The van der Waals surface area contributed by atoms with Gasteiger partial charge < -0.3 is 5.32 Å². The van der Waals surface area contributed by atoms with E-state index >= 15 is 0 Å². The molecule has 0 aromatic rings. The molecule has 1 fully saturated rings. The minimum Gasteiger partial charge on any atom is -0.394 e. The van der Waals surface area contributed by atoms with E-state index in [1.165, 1.54) is 12.0 Å². The van der Waals surface area contributed by atoms with E-state index in [4.69, 9.17) is 0 Å². The summed E-state index contributed by atoms with van der Waals surface area (Å²) >= 11 is 0. The normalized spacial score (nSPS) is 28.9. The average Bonchev–Trinajstić information content (AvgIpc) is 2.62. The third kappa shape index (κ3) is 1.63. The Bertz CT molecular complexity index is 177. The van der Waals surface area contributed by atoms with Gasteiger partial charge in [-0.15, -0.1) is 0 Å². The van der Waals surface area contributed by atoms with E-state index in [0.29, 0.717) is 0 Å². The van der Waals surface area contributed by atoms with Gasteiger partial charge in [-0.2, -0.15) is 0 Å². The molecule has 0 spiro atoms. The first kappa shape index (κ1) is 7.39. The fourth-order valence-electron chi connectivity index (χ4n) is 1.14. The fourth-order valence-corrected chi connectivity index (χ4v) is 1.14. The van der Waals surface area contributed by atoms with E-state index in [9.17, 15) is 0 Å². The summed E-state index contributed by atoms with van der Waals surface area (Å²) in [6.45, 7) is 4.44. The molecule has 1 N–H and O–H groups in total. The van der Waals surface area contributed by atoms with Gasteiger partial charge >= 0.3 is 0 Å². The lowest BCUT2D eigenvalue weighted by atomic mass is 10.2. The van der Waals surface area contributed by atoms with Crippen LogP contribution in [0.4, 0.5) is 0 Å². The number of nitrogens with one attached hydrogen (secondary N) is 1. The molecule has 1 rings (SSSR count). The summed E-state index contributed by atoms with van der Waals surface area (Å²) in [6.07, 6.45) is 5.42. The maximum Gasteiger partial charge on any atom is 0.00277 e. The highest BCUT2D eigenvalue weighted by Gasteiger charge is 2.25. The van der Waals surface area contributed by atoms with Crippen LogP contribution in [0, 0.1) is 5.92 Å². The number of hydrogen-bond donors (Lipinski definition) is 1. The molecule has 1 unspecified atom stereocenters. The van der Waals surface area contributed by atoms with Crippen molar-refractivity contribution in [2.75, 3.05) is 7.05 Å². The van der Waals surface area contributed by atoms with E-state index in [2.05, 4.69) is 25.2 Å². The lowest BCUT2D eigenvalue weighted by Gasteiger charge is -1.89. The third-order valence-corrected chi connectivity index (χ3v) is 1.97. The van der Waals surface area contributed by atoms with Gasteiger partial charge in [0.05, 0.1) is 0 Å². The van der Waals surface area contributed by atoms with Gasteiger partial charge in [0.1, 0.15) is 0 Å². The van der Waals surface area contributed by atoms with Crippen LogP contribution < -0.4 is 5.32 Å². The van der Waals surface area contributed by atoms with Crippen molar-refractivity contribution in [1.82, 2.24) is 5.32 Å². The van der Waals surface area contributed by atoms with Crippen LogP contribution in [0.5, 0.6) is 0 Å². The summed E-state index contributed by atoms with van der Waals surface area (Å²) in [5, 5.41) is 2.98. The van der Waals surface area contributed by atoms with E-state index in [1.807, 2.05) is 13.2 Å². The Labute approximate surface area is 62.8 Å². The topological polar surface area (TPSA) is 12.0 Å². The molecule has 10 heavy (non-hydrogen) atoms. The first-order valence-corrected chi connectivity index (χ1v) is 3.79. The lowest BCUT2D eigenvalue weighted by Crippen LogP contribution is -1.90. The molecule has 56 valence electrons. The summed E-state index contributed by atoms with van der Waals surface area (Å²) in [5.41, 5.74) is 3.05. The lowest BCUT2D eigenvalue weighted by molar-refractivity contribution is 1.02. The maximum atomic E-state index is 2.98. The Morgan fingerprint density at radius 2 is 2.30 bits per heavy atom. The monoisotopic (exact) mass is 137 g/mol. The van der Waals surface area contributed by atoms with Crippen LogP contribution in [0.15, 0.2) is 23.4 Å². The summed E-state index contributed by atoms with van der Waals surface area (Å²) in [4.78, 5) is 0. The Balaban J connectivity index is 2.50. The van der Waals surface area contributed by atoms with E-state index in [0.717, 1.165) is 5.92 Å². The summed E-state index contributed by atoms with van der Waals surface area (Å²) in [5.74, 6) is 0.849. The SMILES string of the molecule is CN/C=C\C(C)=C1\CC1C. The number of rotatable bonds is 2. The summed E-state index contributed by atoms with van der Waals surface area (Å²) in [6, 6.07) is 0. The zero-order chi connectivity index (χ0) is 7.56. The van der Waals surface area contributed by atoms with Crippen molar-refractivity contribution in [1.29, 1.82) is 0 Å². The van der Waals surface area contributed by atoms with Crippen molar-refractivity contribution in [3.05, 3.63) is 23.4 Å². The van der Waals surface area contributed by atoms with Gasteiger partial charge in [0.15, 0.2) is 0 Å². The van der Waals surface area contributed by atoms with Gasteiger partial charge in [-0.1, -0.05) is 18.1 Å². The molecule has 0 bridgehead atoms. The third-order valence-electron chi connectivity index (χ3n) is 1.97. The Morgan fingerprint density at radius 3 is 2.70 bits per heavy atom. The van der Waals surface area contributed by atoms with Crippen molar-refractivity contribution < 1.29 is 0 Å². The molecule has 0 amide bonds. The van der Waals surface area contributed by atoms with Crippen molar-refractivity contribution in [2.24, 2.45) is 5.92 Å². The highest BCUT2D eigenvalue weighted by atomic mass is 14.8. The van der Waals surface area contributed by atoms with Crippen molar-refractivity contribution in [2.45, 2.75) is 20.3 Å². The van der Waals surface area contributed by atoms with Gasteiger partial charge in [-0.25, -0.2) is 0 Å². The van der Waals surface area contributed by atoms with E-state index in [1.54, 1.807) is 5.57 Å². The summed E-state index contributed by atoms with van der Waals surface area (Å²) in [7, 11) is 1.92. The van der Waals surface area contributed by atoms with Crippen molar-refractivity contribution in [3.8, 4) is 0 Å². The van der Waals surface area contributed by atoms with E-state index in [-0.39, 0.29) is 0 Å². The molecule has 1 heteroatoms. The molecular formula is C9H15N. The first-order chi connectivity index (χ1) is 4.75. The van der Waals surface area contributed by atoms with Crippen LogP contribution in [0.3, 0.4) is 0 Å². The van der Waals surface area contributed by atoms with E-state index < -0.39 is 0 Å². The average molecular weight is 137 g/mol. The quantitative estimate of drug-likeness (QED) is 0.614. The zero-order valence-electron chi connectivity index (χ0n) is 6.94. The van der Waals surface area contributed by atoms with Gasteiger partial charge in [0, 0.05) is 7.05 Å². The standard InChI is InChI=1S/C9H15N/c1-7(4-5-10-3)9-6-8(9)2/h4-5,8,10H,6H2,1-3H3/b5-4-,9-7-. The Morgan fingerprint density at radius 1 is 1.70 bits per heavy atom. The second-order valence-electron chi connectivity index (χ2n) is 2.94. The molecule has 1 aliphatic rings. The molecule has 1 aliphatic carbocycles. The molecule has 0 aliphatic heterocycles. The zero-order valence-corrected chi connectivity index (χ0v) is 6.94. The van der Waals surface area contributed by atoms with Crippen molar-refractivity contribution in [3.63, 3.8) is 0 Å². The van der Waals surface area contributed by atoms with Crippen LogP contribution in [0.2, 0.25) is 0 Å². The molecule has 1 saturated carbocycles. The predicted octanol–water partition coefficient (Wildman–Crippen LogP) is 2.08. The predicted molar refractivity (Wildman–Crippen MR) is 44.7 cm³/mol. The van der Waals surface area contributed by atoms with Crippen LogP contribution >= 0.6 is 0 Å². The van der Waals surface area contributed by atoms with Gasteiger partial charge in [0.2, 0.25) is 0 Å². The molecule has 0 radical (unpaired) electrons. The minimum atomic E-state index is 0.849. The van der Waals surface area contributed by atoms with Gasteiger partial charge in [0.25, 0.3) is 0 Å².